The molecule has 1 heterocycles. The van der Waals surface area contributed by atoms with Crippen LogP contribution in [0.25, 0.3) is 0 Å². The van der Waals surface area contributed by atoms with Gasteiger partial charge in [0.15, 0.2) is 0 Å². The maximum absolute atomic E-state index is 5.63. The lowest BCUT2D eigenvalue weighted by Crippen LogP contribution is -2.59. The van der Waals surface area contributed by atoms with E-state index in [2.05, 4.69) is 37.9 Å². The predicted octanol–water partition coefficient (Wildman–Crippen LogP) is 2.90. The average molecular weight is 282 g/mol. The number of morpholine rings is 1. The van der Waals surface area contributed by atoms with Gasteiger partial charge in [-0.1, -0.05) is 20.8 Å². The fourth-order valence-corrected chi connectivity index (χ4v) is 3.95. The fourth-order valence-electron chi connectivity index (χ4n) is 3.95. The SMILES string of the molecule is CCCNC1CCC(C(C)C)CC1N1CCOCC1C. The minimum Gasteiger partial charge on any atom is -0.379 e. The number of rotatable bonds is 5. The number of nitrogens with one attached hydrogen (secondary N) is 1. The number of hydrogen-bond acceptors (Lipinski definition) is 3. The second-order valence-corrected chi connectivity index (χ2v) is 7.11. The Kier molecular flexibility index (Phi) is 6.31. The molecule has 1 N–H and O–H groups in total. The van der Waals surface area contributed by atoms with Crippen molar-refractivity contribution in [3.63, 3.8) is 0 Å². The van der Waals surface area contributed by atoms with Crippen LogP contribution in [-0.4, -0.2) is 49.3 Å². The Morgan fingerprint density at radius 1 is 1.30 bits per heavy atom. The zero-order chi connectivity index (χ0) is 14.5. The first-order valence-corrected chi connectivity index (χ1v) is 8.70. The molecule has 1 aliphatic carbocycles. The van der Waals surface area contributed by atoms with E-state index in [-0.39, 0.29) is 0 Å². The summed E-state index contributed by atoms with van der Waals surface area (Å²) in [5.74, 6) is 1.72. The standard InChI is InChI=1S/C17H34N2O/c1-5-8-18-16-7-6-15(13(2)3)11-17(16)19-9-10-20-12-14(19)4/h13-18H,5-12H2,1-4H3. The van der Waals surface area contributed by atoms with Crippen LogP contribution in [0.4, 0.5) is 0 Å². The molecule has 2 fully saturated rings. The zero-order valence-electron chi connectivity index (χ0n) is 13.9. The molecule has 2 rings (SSSR count). The van der Waals surface area contributed by atoms with Gasteiger partial charge in [-0.15, -0.1) is 0 Å². The molecule has 0 aromatic heterocycles. The van der Waals surface area contributed by atoms with Crippen LogP contribution in [-0.2, 0) is 4.74 Å². The maximum Gasteiger partial charge on any atom is 0.0619 e. The Hall–Kier alpha value is -0.120. The lowest BCUT2D eigenvalue weighted by Gasteiger charge is -2.48. The second-order valence-electron chi connectivity index (χ2n) is 7.11. The smallest absolute Gasteiger partial charge is 0.0619 e. The van der Waals surface area contributed by atoms with Gasteiger partial charge in [0.05, 0.1) is 13.2 Å². The third-order valence-corrected chi connectivity index (χ3v) is 5.30. The molecule has 20 heavy (non-hydrogen) atoms. The summed E-state index contributed by atoms with van der Waals surface area (Å²) < 4.78 is 5.63. The molecule has 4 atom stereocenters. The molecule has 2 aliphatic rings. The summed E-state index contributed by atoms with van der Waals surface area (Å²) >= 11 is 0. The molecule has 0 aromatic rings. The Balaban J connectivity index is 2.03. The Morgan fingerprint density at radius 2 is 2.10 bits per heavy atom. The van der Waals surface area contributed by atoms with Gasteiger partial charge in [0.1, 0.15) is 0 Å². The first kappa shape index (κ1) is 16.3. The van der Waals surface area contributed by atoms with Gasteiger partial charge in [-0.2, -0.15) is 0 Å². The quantitative estimate of drug-likeness (QED) is 0.839. The zero-order valence-corrected chi connectivity index (χ0v) is 13.9. The van der Waals surface area contributed by atoms with Crippen molar-refractivity contribution in [1.82, 2.24) is 10.2 Å². The summed E-state index contributed by atoms with van der Waals surface area (Å²) in [5.41, 5.74) is 0. The van der Waals surface area contributed by atoms with Gasteiger partial charge in [-0.3, -0.25) is 4.90 Å². The lowest BCUT2D eigenvalue weighted by atomic mass is 9.76. The molecule has 0 radical (unpaired) electrons. The van der Waals surface area contributed by atoms with E-state index in [1.54, 1.807) is 0 Å². The van der Waals surface area contributed by atoms with Crippen molar-refractivity contribution in [2.45, 2.75) is 71.5 Å². The van der Waals surface area contributed by atoms with Gasteiger partial charge >= 0.3 is 0 Å². The Labute approximate surface area is 125 Å². The highest BCUT2D eigenvalue weighted by atomic mass is 16.5. The summed E-state index contributed by atoms with van der Waals surface area (Å²) in [6.07, 6.45) is 5.34. The van der Waals surface area contributed by atoms with Gasteiger partial charge < -0.3 is 10.1 Å². The number of ether oxygens (including phenoxy) is 1. The van der Waals surface area contributed by atoms with Crippen LogP contribution >= 0.6 is 0 Å². The molecule has 3 nitrogen and oxygen atoms in total. The first-order chi connectivity index (χ1) is 9.63. The van der Waals surface area contributed by atoms with Crippen LogP contribution in [0.15, 0.2) is 0 Å². The first-order valence-electron chi connectivity index (χ1n) is 8.70. The molecule has 118 valence electrons. The van der Waals surface area contributed by atoms with Crippen LogP contribution in [0, 0.1) is 11.8 Å². The van der Waals surface area contributed by atoms with E-state index in [9.17, 15) is 0 Å². The summed E-state index contributed by atoms with van der Waals surface area (Å²) in [4.78, 5) is 2.73. The van der Waals surface area contributed by atoms with Crippen LogP contribution in [0.1, 0.15) is 53.4 Å². The van der Waals surface area contributed by atoms with Crippen molar-refractivity contribution in [2.75, 3.05) is 26.3 Å². The molecular formula is C17H34N2O. The summed E-state index contributed by atoms with van der Waals surface area (Å²) in [5, 5.41) is 3.82. The van der Waals surface area contributed by atoms with Gasteiger partial charge in [0.25, 0.3) is 0 Å². The lowest BCUT2D eigenvalue weighted by molar-refractivity contribution is -0.0447. The highest BCUT2D eigenvalue weighted by Gasteiger charge is 2.37. The normalized spacial score (nSPS) is 36.5. The molecule has 1 saturated carbocycles. The van der Waals surface area contributed by atoms with Crippen LogP contribution in [0.5, 0.6) is 0 Å². The van der Waals surface area contributed by atoms with Crippen LogP contribution in [0.2, 0.25) is 0 Å². The van der Waals surface area contributed by atoms with E-state index in [0.717, 1.165) is 38.1 Å². The van der Waals surface area contributed by atoms with E-state index in [0.29, 0.717) is 18.1 Å². The van der Waals surface area contributed by atoms with E-state index < -0.39 is 0 Å². The Morgan fingerprint density at radius 3 is 2.75 bits per heavy atom. The van der Waals surface area contributed by atoms with Gasteiger partial charge in [0.2, 0.25) is 0 Å². The van der Waals surface area contributed by atoms with Crippen molar-refractivity contribution in [3.05, 3.63) is 0 Å². The highest BCUT2D eigenvalue weighted by Crippen LogP contribution is 2.34. The molecule has 0 bridgehead atoms. The molecule has 0 spiro atoms. The monoisotopic (exact) mass is 282 g/mol. The third kappa shape index (κ3) is 3.96. The molecule has 1 saturated heterocycles. The predicted molar refractivity (Wildman–Crippen MR) is 85.0 cm³/mol. The van der Waals surface area contributed by atoms with Crippen molar-refractivity contribution < 1.29 is 4.74 Å². The molecule has 3 heteroatoms. The summed E-state index contributed by atoms with van der Waals surface area (Å²) in [7, 11) is 0. The summed E-state index contributed by atoms with van der Waals surface area (Å²) in [6, 6.07) is 1.97. The topological polar surface area (TPSA) is 24.5 Å². The Bertz CT molecular complexity index is 282. The maximum atomic E-state index is 5.63. The van der Waals surface area contributed by atoms with E-state index in [1.807, 2.05) is 0 Å². The van der Waals surface area contributed by atoms with Crippen molar-refractivity contribution in [1.29, 1.82) is 0 Å². The van der Waals surface area contributed by atoms with Gasteiger partial charge in [-0.05, 0) is 51.0 Å². The third-order valence-electron chi connectivity index (χ3n) is 5.30. The van der Waals surface area contributed by atoms with Crippen molar-refractivity contribution in [2.24, 2.45) is 11.8 Å². The van der Waals surface area contributed by atoms with E-state index in [4.69, 9.17) is 4.74 Å². The van der Waals surface area contributed by atoms with E-state index >= 15 is 0 Å². The van der Waals surface area contributed by atoms with Crippen LogP contribution in [0.3, 0.4) is 0 Å². The molecule has 4 unspecified atom stereocenters. The molecule has 0 aromatic carbocycles. The van der Waals surface area contributed by atoms with Gasteiger partial charge in [0, 0.05) is 24.7 Å². The second kappa shape index (κ2) is 7.77. The number of hydrogen-bond donors (Lipinski definition) is 1. The molecule has 1 aliphatic heterocycles. The fraction of sp³-hybridized carbons (Fsp3) is 1.00. The highest BCUT2D eigenvalue weighted by molar-refractivity contribution is 4.94. The van der Waals surface area contributed by atoms with E-state index in [1.165, 1.54) is 25.7 Å². The van der Waals surface area contributed by atoms with Gasteiger partial charge in [-0.25, -0.2) is 0 Å². The summed E-state index contributed by atoms with van der Waals surface area (Å²) in [6.45, 7) is 13.5. The molecular weight excluding hydrogens is 248 g/mol. The number of nitrogens with zero attached hydrogens (tertiary/aromatic N) is 1. The molecule has 0 amide bonds. The minimum atomic E-state index is 0.575. The average Bonchev–Trinajstić information content (AvgIpc) is 2.45. The largest absolute Gasteiger partial charge is 0.379 e. The minimum absolute atomic E-state index is 0.575. The van der Waals surface area contributed by atoms with Crippen molar-refractivity contribution >= 4 is 0 Å². The van der Waals surface area contributed by atoms with Crippen LogP contribution < -0.4 is 5.32 Å². The van der Waals surface area contributed by atoms with Crippen molar-refractivity contribution in [3.8, 4) is 0 Å².